The second kappa shape index (κ2) is 5.67. The summed E-state index contributed by atoms with van der Waals surface area (Å²) >= 11 is 5.92. The zero-order valence-electron chi connectivity index (χ0n) is 10.1. The molecule has 0 saturated heterocycles. The maximum atomic E-state index is 13.0. The Hall–Kier alpha value is -2.14. The number of nitrogens with one attached hydrogen (secondary N) is 2. The van der Waals surface area contributed by atoms with Crippen molar-refractivity contribution in [3.8, 4) is 0 Å². The van der Waals surface area contributed by atoms with Gasteiger partial charge in [0.05, 0.1) is 5.02 Å². The Kier molecular flexibility index (Phi) is 3.97. The smallest absolute Gasteiger partial charge is 0.275 e. The molecule has 0 aliphatic rings. The van der Waals surface area contributed by atoms with E-state index in [1.165, 1.54) is 18.2 Å². The van der Waals surface area contributed by atoms with Crippen molar-refractivity contribution in [2.75, 3.05) is 17.7 Å². The molecule has 0 unspecified atom stereocenters. The topological polar surface area (TPSA) is 54.0 Å². The normalized spacial score (nSPS) is 10.1. The van der Waals surface area contributed by atoms with Crippen LogP contribution in [0.2, 0.25) is 5.02 Å². The average molecular weight is 280 g/mol. The van der Waals surface area contributed by atoms with Crippen molar-refractivity contribution in [2.45, 2.75) is 0 Å². The van der Waals surface area contributed by atoms with E-state index in [1.54, 1.807) is 25.2 Å². The number of hydrogen-bond donors (Lipinski definition) is 2. The molecule has 98 valence electrons. The fraction of sp³-hybridized carbons (Fsp3) is 0.0769. The Morgan fingerprint density at radius 3 is 2.79 bits per heavy atom. The SMILES string of the molecule is CNc1ccc(Cl)c(C(=O)Nc2cccc(F)c2)n1. The average Bonchev–Trinajstić information content (AvgIpc) is 2.39. The highest BCUT2D eigenvalue weighted by Crippen LogP contribution is 2.18. The molecule has 2 aromatic rings. The molecule has 4 nitrogen and oxygen atoms in total. The third kappa shape index (κ3) is 3.20. The number of nitrogens with zero attached hydrogens (tertiary/aromatic N) is 1. The highest BCUT2D eigenvalue weighted by Gasteiger charge is 2.13. The standard InChI is InChI=1S/C13H11ClFN3O/c1-16-11-6-5-10(14)12(18-11)13(19)17-9-4-2-3-8(15)7-9/h2-7H,1H3,(H,16,18)(H,17,19). The van der Waals surface area contributed by atoms with Gasteiger partial charge in [0.2, 0.25) is 0 Å². The van der Waals surface area contributed by atoms with E-state index < -0.39 is 11.7 Å². The van der Waals surface area contributed by atoms with Gasteiger partial charge in [0.15, 0.2) is 0 Å². The minimum absolute atomic E-state index is 0.0813. The molecule has 19 heavy (non-hydrogen) atoms. The molecule has 6 heteroatoms. The molecule has 2 rings (SSSR count). The fourth-order valence-electron chi connectivity index (χ4n) is 1.50. The number of hydrogen-bond acceptors (Lipinski definition) is 3. The molecule has 0 aliphatic heterocycles. The van der Waals surface area contributed by atoms with Crippen LogP contribution in [0.4, 0.5) is 15.9 Å². The highest BCUT2D eigenvalue weighted by molar-refractivity contribution is 6.34. The third-order valence-corrected chi connectivity index (χ3v) is 2.70. The van der Waals surface area contributed by atoms with Gasteiger partial charge in [-0.1, -0.05) is 17.7 Å². The Bertz CT molecular complexity index is 619. The van der Waals surface area contributed by atoms with E-state index in [-0.39, 0.29) is 10.7 Å². The summed E-state index contributed by atoms with van der Waals surface area (Å²) in [5, 5.41) is 5.58. The van der Waals surface area contributed by atoms with E-state index in [4.69, 9.17) is 11.6 Å². The first-order valence-corrected chi connectivity index (χ1v) is 5.89. The van der Waals surface area contributed by atoms with Crippen LogP contribution in [0.1, 0.15) is 10.5 Å². The zero-order chi connectivity index (χ0) is 13.8. The molecule has 0 atom stereocenters. The quantitative estimate of drug-likeness (QED) is 0.907. The van der Waals surface area contributed by atoms with Crippen molar-refractivity contribution in [2.24, 2.45) is 0 Å². The number of amides is 1. The van der Waals surface area contributed by atoms with Gasteiger partial charge in [0, 0.05) is 12.7 Å². The van der Waals surface area contributed by atoms with Gasteiger partial charge in [0.1, 0.15) is 17.3 Å². The molecular formula is C13H11ClFN3O. The van der Waals surface area contributed by atoms with Crippen molar-refractivity contribution in [1.29, 1.82) is 0 Å². The van der Waals surface area contributed by atoms with Crippen LogP contribution in [0.25, 0.3) is 0 Å². The number of rotatable bonds is 3. The minimum atomic E-state index is -0.493. The summed E-state index contributed by atoms with van der Waals surface area (Å²) in [6.07, 6.45) is 0. The first-order valence-electron chi connectivity index (χ1n) is 5.51. The van der Waals surface area contributed by atoms with E-state index in [0.717, 1.165) is 0 Å². The maximum Gasteiger partial charge on any atom is 0.275 e. The number of pyridine rings is 1. The molecule has 1 amide bonds. The number of carbonyl (C=O) groups excluding carboxylic acids is 1. The summed E-state index contributed by atoms with van der Waals surface area (Å²) in [4.78, 5) is 16.1. The second-order valence-corrected chi connectivity index (χ2v) is 4.15. The van der Waals surface area contributed by atoms with Crippen LogP contribution < -0.4 is 10.6 Å². The van der Waals surface area contributed by atoms with Crippen molar-refractivity contribution < 1.29 is 9.18 Å². The van der Waals surface area contributed by atoms with Crippen LogP contribution in [0.5, 0.6) is 0 Å². The van der Waals surface area contributed by atoms with Crippen LogP contribution in [0, 0.1) is 5.82 Å². The summed E-state index contributed by atoms with van der Waals surface area (Å²) in [7, 11) is 1.69. The molecule has 0 radical (unpaired) electrons. The molecule has 0 bridgehead atoms. The molecule has 1 heterocycles. The molecule has 1 aromatic heterocycles. The highest BCUT2D eigenvalue weighted by atomic mass is 35.5. The van der Waals surface area contributed by atoms with Gasteiger partial charge in [-0.25, -0.2) is 9.37 Å². The number of aromatic nitrogens is 1. The third-order valence-electron chi connectivity index (χ3n) is 2.40. The number of carbonyl (C=O) groups is 1. The van der Waals surface area contributed by atoms with Gasteiger partial charge in [-0.05, 0) is 30.3 Å². The Labute approximate surface area is 114 Å². The second-order valence-electron chi connectivity index (χ2n) is 3.74. The molecule has 1 aromatic carbocycles. The zero-order valence-corrected chi connectivity index (χ0v) is 10.8. The van der Waals surface area contributed by atoms with Crippen LogP contribution >= 0.6 is 11.6 Å². The maximum absolute atomic E-state index is 13.0. The summed E-state index contributed by atoms with van der Waals surface area (Å²) in [5.74, 6) is -0.401. The van der Waals surface area contributed by atoms with E-state index in [2.05, 4.69) is 15.6 Å². The minimum Gasteiger partial charge on any atom is -0.373 e. The van der Waals surface area contributed by atoms with Crippen LogP contribution in [0.15, 0.2) is 36.4 Å². The number of anilines is 2. The molecule has 0 saturated carbocycles. The first-order chi connectivity index (χ1) is 9.10. The van der Waals surface area contributed by atoms with E-state index in [0.29, 0.717) is 11.5 Å². The number of halogens is 2. The fourth-order valence-corrected chi connectivity index (χ4v) is 1.69. The van der Waals surface area contributed by atoms with Gasteiger partial charge in [-0.2, -0.15) is 0 Å². The number of benzene rings is 1. The summed E-state index contributed by atoms with van der Waals surface area (Å²) < 4.78 is 13.0. The molecule has 0 fully saturated rings. The molecule has 2 N–H and O–H groups in total. The van der Waals surface area contributed by atoms with Crippen molar-refractivity contribution >= 4 is 29.0 Å². The monoisotopic (exact) mass is 279 g/mol. The van der Waals surface area contributed by atoms with Crippen LogP contribution in [-0.4, -0.2) is 17.9 Å². The summed E-state index contributed by atoms with van der Waals surface area (Å²) in [6.45, 7) is 0. The Balaban J connectivity index is 2.25. The molecule has 0 aliphatic carbocycles. The largest absolute Gasteiger partial charge is 0.373 e. The summed E-state index contributed by atoms with van der Waals surface area (Å²) in [5.41, 5.74) is 0.426. The van der Waals surface area contributed by atoms with Gasteiger partial charge >= 0.3 is 0 Å². The lowest BCUT2D eigenvalue weighted by Crippen LogP contribution is -2.15. The lowest BCUT2D eigenvalue weighted by molar-refractivity contribution is 0.102. The van der Waals surface area contributed by atoms with Gasteiger partial charge in [-0.15, -0.1) is 0 Å². The van der Waals surface area contributed by atoms with E-state index in [9.17, 15) is 9.18 Å². The van der Waals surface area contributed by atoms with Gasteiger partial charge in [-0.3, -0.25) is 4.79 Å². The van der Waals surface area contributed by atoms with Crippen LogP contribution in [-0.2, 0) is 0 Å². The van der Waals surface area contributed by atoms with Crippen LogP contribution in [0.3, 0.4) is 0 Å². The first kappa shape index (κ1) is 13.3. The van der Waals surface area contributed by atoms with Crippen molar-refractivity contribution in [1.82, 2.24) is 4.98 Å². The lowest BCUT2D eigenvalue weighted by atomic mass is 10.3. The molecular weight excluding hydrogens is 269 g/mol. The van der Waals surface area contributed by atoms with E-state index >= 15 is 0 Å². The van der Waals surface area contributed by atoms with Gasteiger partial charge < -0.3 is 10.6 Å². The predicted octanol–water partition coefficient (Wildman–Crippen LogP) is 3.17. The molecule has 0 spiro atoms. The van der Waals surface area contributed by atoms with Crippen molar-refractivity contribution in [3.63, 3.8) is 0 Å². The van der Waals surface area contributed by atoms with E-state index in [1.807, 2.05) is 0 Å². The Morgan fingerprint density at radius 2 is 2.11 bits per heavy atom. The summed E-state index contributed by atoms with van der Waals surface area (Å²) in [6, 6.07) is 8.82. The van der Waals surface area contributed by atoms with Gasteiger partial charge in [0.25, 0.3) is 5.91 Å². The van der Waals surface area contributed by atoms with Crippen molar-refractivity contribution in [3.05, 3.63) is 52.9 Å². The lowest BCUT2D eigenvalue weighted by Gasteiger charge is -2.07. The Morgan fingerprint density at radius 1 is 1.32 bits per heavy atom. The predicted molar refractivity (Wildman–Crippen MR) is 73.1 cm³/mol.